The maximum absolute atomic E-state index is 11.5. The van der Waals surface area contributed by atoms with Crippen LogP contribution in [0.25, 0.3) is 0 Å². The van der Waals surface area contributed by atoms with E-state index in [0.717, 1.165) is 19.5 Å². The van der Waals surface area contributed by atoms with Crippen molar-refractivity contribution in [3.63, 3.8) is 0 Å². The number of rotatable bonds is 2. The predicted octanol–water partition coefficient (Wildman–Crippen LogP) is 1.18. The lowest BCUT2D eigenvalue weighted by Gasteiger charge is -2.21. The van der Waals surface area contributed by atoms with Crippen LogP contribution in [0.3, 0.4) is 0 Å². The number of nitrogens with one attached hydrogen (secondary N) is 1. The van der Waals surface area contributed by atoms with Gasteiger partial charge in [0.1, 0.15) is 5.69 Å². The van der Waals surface area contributed by atoms with Crippen molar-refractivity contribution < 1.29 is 9.53 Å². The van der Waals surface area contributed by atoms with Gasteiger partial charge in [0, 0.05) is 25.2 Å². The molecule has 4 heteroatoms. The smallest absolute Gasteiger partial charge is 0.354 e. The Labute approximate surface area is 89.2 Å². The molecule has 1 aliphatic rings. The van der Waals surface area contributed by atoms with Gasteiger partial charge in [0.15, 0.2) is 0 Å². The van der Waals surface area contributed by atoms with Crippen molar-refractivity contribution in [1.82, 2.24) is 9.88 Å². The van der Waals surface area contributed by atoms with Gasteiger partial charge in [0.05, 0.1) is 6.61 Å². The third-order valence-electron chi connectivity index (χ3n) is 2.67. The summed E-state index contributed by atoms with van der Waals surface area (Å²) in [7, 11) is 2.08. The summed E-state index contributed by atoms with van der Waals surface area (Å²) >= 11 is 0. The summed E-state index contributed by atoms with van der Waals surface area (Å²) in [5, 5.41) is 0. The molecule has 0 fully saturated rings. The Morgan fingerprint density at radius 1 is 1.67 bits per heavy atom. The van der Waals surface area contributed by atoms with E-state index in [1.807, 2.05) is 13.0 Å². The Bertz CT molecular complexity index is 371. The number of hydrogen-bond acceptors (Lipinski definition) is 3. The standard InChI is InChI=1S/C11H16N2O2/c1-3-15-11(14)10-6-8-7-13(2)5-4-9(8)12-10/h6,12H,3-5,7H2,1-2H3. The summed E-state index contributed by atoms with van der Waals surface area (Å²) in [6.07, 6.45) is 0.977. The minimum absolute atomic E-state index is 0.255. The van der Waals surface area contributed by atoms with Crippen LogP contribution >= 0.6 is 0 Å². The number of aromatic amines is 1. The van der Waals surface area contributed by atoms with Crippen LogP contribution in [0.5, 0.6) is 0 Å². The first kappa shape index (κ1) is 10.2. The fourth-order valence-electron chi connectivity index (χ4n) is 1.90. The monoisotopic (exact) mass is 208 g/mol. The Hall–Kier alpha value is -1.29. The number of likely N-dealkylation sites (N-methyl/N-ethyl adjacent to an activating group) is 1. The lowest BCUT2D eigenvalue weighted by atomic mass is 10.1. The van der Waals surface area contributed by atoms with Crippen LogP contribution in [-0.2, 0) is 17.7 Å². The zero-order valence-electron chi connectivity index (χ0n) is 9.17. The normalized spacial score (nSPS) is 16.1. The van der Waals surface area contributed by atoms with E-state index in [4.69, 9.17) is 4.74 Å². The van der Waals surface area contributed by atoms with Gasteiger partial charge in [-0.05, 0) is 25.6 Å². The number of nitrogens with zero attached hydrogens (tertiary/aromatic N) is 1. The number of hydrogen-bond donors (Lipinski definition) is 1. The highest BCUT2D eigenvalue weighted by Crippen LogP contribution is 2.19. The van der Waals surface area contributed by atoms with Gasteiger partial charge in [-0.3, -0.25) is 0 Å². The average molecular weight is 208 g/mol. The number of ether oxygens (including phenoxy) is 1. The molecule has 15 heavy (non-hydrogen) atoms. The first-order valence-electron chi connectivity index (χ1n) is 5.27. The molecule has 0 saturated carbocycles. The van der Waals surface area contributed by atoms with E-state index >= 15 is 0 Å². The molecule has 0 radical (unpaired) electrons. The lowest BCUT2D eigenvalue weighted by Crippen LogP contribution is -2.25. The molecule has 1 N–H and O–H groups in total. The molecule has 0 aromatic carbocycles. The highest BCUT2D eigenvalue weighted by atomic mass is 16.5. The number of fused-ring (bicyclic) bond motifs is 1. The van der Waals surface area contributed by atoms with E-state index in [9.17, 15) is 4.79 Å². The van der Waals surface area contributed by atoms with Gasteiger partial charge in [-0.1, -0.05) is 0 Å². The van der Waals surface area contributed by atoms with E-state index in [2.05, 4.69) is 16.9 Å². The zero-order valence-corrected chi connectivity index (χ0v) is 9.17. The van der Waals surface area contributed by atoms with Crippen molar-refractivity contribution in [3.05, 3.63) is 23.0 Å². The topological polar surface area (TPSA) is 45.3 Å². The first-order chi connectivity index (χ1) is 7.20. The van der Waals surface area contributed by atoms with E-state index in [0.29, 0.717) is 12.3 Å². The van der Waals surface area contributed by atoms with Crippen LogP contribution in [0.4, 0.5) is 0 Å². The molecule has 82 valence electrons. The van der Waals surface area contributed by atoms with Gasteiger partial charge in [-0.15, -0.1) is 0 Å². The van der Waals surface area contributed by atoms with Crippen LogP contribution in [0.1, 0.15) is 28.7 Å². The number of carbonyl (C=O) groups is 1. The molecule has 2 rings (SSSR count). The first-order valence-corrected chi connectivity index (χ1v) is 5.27. The number of carbonyl (C=O) groups excluding carboxylic acids is 1. The van der Waals surface area contributed by atoms with Crippen molar-refractivity contribution >= 4 is 5.97 Å². The molecule has 0 amide bonds. The quantitative estimate of drug-likeness (QED) is 0.742. The summed E-state index contributed by atoms with van der Waals surface area (Å²) < 4.78 is 4.95. The van der Waals surface area contributed by atoms with E-state index in [1.54, 1.807) is 0 Å². The van der Waals surface area contributed by atoms with Crippen molar-refractivity contribution in [2.75, 3.05) is 20.2 Å². The Kier molecular flexibility index (Phi) is 2.77. The molecule has 0 spiro atoms. The molecular formula is C11H16N2O2. The third kappa shape index (κ3) is 2.04. The summed E-state index contributed by atoms with van der Waals surface area (Å²) in [4.78, 5) is 16.9. The molecule has 2 heterocycles. The molecule has 0 aliphatic carbocycles. The zero-order chi connectivity index (χ0) is 10.8. The van der Waals surface area contributed by atoms with Gasteiger partial charge in [0.2, 0.25) is 0 Å². The summed E-state index contributed by atoms with van der Waals surface area (Å²) in [5.74, 6) is -0.255. The molecule has 1 aliphatic heterocycles. The molecule has 1 aromatic heterocycles. The third-order valence-corrected chi connectivity index (χ3v) is 2.67. The van der Waals surface area contributed by atoms with Crippen LogP contribution in [-0.4, -0.2) is 36.1 Å². The molecule has 0 saturated heterocycles. The van der Waals surface area contributed by atoms with Crippen molar-refractivity contribution in [3.8, 4) is 0 Å². The van der Waals surface area contributed by atoms with Crippen LogP contribution in [0.15, 0.2) is 6.07 Å². The van der Waals surface area contributed by atoms with Gasteiger partial charge in [-0.2, -0.15) is 0 Å². The van der Waals surface area contributed by atoms with Gasteiger partial charge in [-0.25, -0.2) is 4.79 Å². The summed E-state index contributed by atoms with van der Waals surface area (Å²) in [6, 6.07) is 1.91. The SMILES string of the molecule is CCOC(=O)c1cc2c([nH]1)CCN(C)C2. The van der Waals surface area contributed by atoms with E-state index in [-0.39, 0.29) is 5.97 Å². The maximum atomic E-state index is 11.5. The molecule has 4 nitrogen and oxygen atoms in total. The van der Waals surface area contributed by atoms with Crippen LogP contribution in [0.2, 0.25) is 0 Å². The second-order valence-corrected chi connectivity index (χ2v) is 3.90. The molecule has 0 bridgehead atoms. The van der Waals surface area contributed by atoms with Crippen LogP contribution < -0.4 is 0 Å². The molecule has 0 unspecified atom stereocenters. The Morgan fingerprint density at radius 3 is 3.20 bits per heavy atom. The summed E-state index contributed by atoms with van der Waals surface area (Å²) in [5.41, 5.74) is 2.97. The number of H-pyrrole nitrogens is 1. The van der Waals surface area contributed by atoms with E-state index in [1.165, 1.54) is 11.3 Å². The lowest BCUT2D eigenvalue weighted by molar-refractivity contribution is 0.0520. The Balaban J connectivity index is 2.19. The minimum atomic E-state index is -0.255. The maximum Gasteiger partial charge on any atom is 0.354 e. The average Bonchev–Trinajstić information content (AvgIpc) is 2.60. The molecule has 1 aromatic rings. The number of esters is 1. The minimum Gasteiger partial charge on any atom is -0.461 e. The van der Waals surface area contributed by atoms with Gasteiger partial charge in [0.25, 0.3) is 0 Å². The molecular weight excluding hydrogens is 192 g/mol. The highest BCUT2D eigenvalue weighted by Gasteiger charge is 2.19. The fourth-order valence-corrected chi connectivity index (χ4v) is 1.90. The van der Waals surface area contributed by atoms with Gasteiger partial charge < -0.3 is 14.6 Å². The van der Waals surface area contributed by atoms with Crippen molar-refractivity contribution in [1.29, 1.82) is 0 Å². The van der Waals surface area contributed by atoms with E-state index < -0.39 is 0 Å². The largest absolute Gasteiger partial charge is 0.461 e. The molecule has 0 atom stereocenters. The van der Waals surface area contributed by atoms with Crippen molar-refractivity contribution in [2.24, 2.45) is 0 Å². The second kappa shape index (κ2) is 4.06. The van der Waals surface area contributed by atoms with Crippen molar-refractivity contribution in [2.45, 2.75) is 19.9 Å². The Morgan fingerprint density at radius 2 is 2.47 bits per heavy atom. The number of aromatic nitrogens is 1. The predicted molar refractivity (Wildman–Crippen MR) is 56.8 cm³/mol. The second-order valence-electron chi connectivity index (χ2n) is 3.90. The van der Waals surface area contributed by atoms with Gasteiger partial charge >= 0.3 is 5.97 Å². The summed E-state index contributed by atoms with van der Waals surface area (Å²) in [6.45, 7) is 4.18. The fraction of sp³-hybridized carbons (Fsp3) is 0.545. The highest BCUT2D eigenvalue weighted by molar-refractivity contribution is 5.87. The van der Waals surface area contributed by atoms with Crippen LogP contribution in [0, 0.1) is 0 Å².